The van der Waals surface area contributed by atoms with E-state index >= 15 is 0 Å². The number of rotatable bonds is 3. The highest BCUT2D eigenvalue weighted by atomic mass is 79.9. The Kier molecular flexibility index (Phi) is 3.98. The number of hydrogen-bond donors (Lipinski definition) is 1. The van der Waals surface area contributed by atoms with Crippen LogP contribution in [0, 0.1) is 0 Å². The van der Waals surface area contributed by atoms with Gasteiger partial charge < -0.3 is 4.90 Å². The van der Waals surface area contributed by atoms with Crippen molar-refractivity contribution in [3.63, 3.8) is 0 Å². The van der Waals surface area contributed by atoms with Gasteiger partial charge in [-0.05, 0) is 40.2 Å². The number of amides is 1. The molecule has 2 aromatic rings. The minimum atomic E-state index is -0.151. The van der Waals surface area contributed by atoms with Gasteiger partial charge in [0.15, 0.2) is 5.13 Å². The molecule has 0 saturated heterocycles. The van der Waals surface area contributed by atoms with E-state index in [1.165, 1.54) is 11.3 Å². The number of carbonyl (C=O) groups excluding carboxylic acids is 1. The Morgan fingerprint density at radius 2 is 2.00 bits per heavy atom. The van der Waals surface area contributed by atoms with Crippen molar-refractivity contribution < 1.29 is 4.79 Å². The minimum Gasteiger partial charge on any atom is -0.378 e. The van der Waals surface area contributed by atoms with Gasteiger partial charge in [-0.2, -0.15) is 0 Å². The van der Waals surface area contributed by atoms with E-state index in [0.717, 1.165) is 9.47 Å². The molecule has 0 aliphatic rings. The minimum absolute atomic E-state index is 0.151. The zero-order valence-electron chi connectivity index (χ0n) is 9.98. The standard InChI is InChI=1S/C12H12BrN3OS/c1-16(2)9-5-3-8(4-6-9)11(17)15-12-14-7-10(13)18-12/h3-7H,1-2H3,(H,14,15,17). The quantitative estimate of drug-likeness (QED) is 0.942. The van der Waals surface area contributed by atoms with Crippen molar-refractivity contribution in [3.05, 3.63) is 39.8 Å². The number of hydrogen-bond acceptors (Lipinski definition) is 4. The highest BCUT2D eigenvalue weighted by Gasteiger charge is 2.08. The van der Waals surface area contributed by atoms with Gasteiger partial charge in [-0.25, -0.2) is 4.98 Å². The first-order valence-electron chi connectivity index (χ1n) is 5.26. The van der Waals surface area contributed by atoms with E-state index in [0.29, 0.717) is 10.7 Å². The molecule has 0 radical (unpaired) electrons. The Balaban J connectivity index is 2.09. The summed E-state index contributed by atoms with van der Waals surface area (Å²) in [5.41, 5.74) is 1.68. The van der Waals surface area contributed by atoms with Gasteiger partial charge in [-0.1, -0.05) is 11.3 Å². The first-order valence-corrected chi connectivity index (χ1v) is 6.87. The number of anilines is 2. The van der Waals surface area contributed by atoms with Crippen LogP contribution in [-0.2, 0) is 0 Å². The van der Waals surface area contributed by atoms with Gasteiger partial charge in [0.05, 0.1) is 9.98 Å². The Hall–Kier alpha value is -1.40. The molecule has 0 unspecified atom stereocenters. The van der Waals surface area contributed by atoms with Crippen molar-refractivity contribution in [2.45, 2.75) is 0 Å². The van der Waals surface area contributed by atoms with Gasteiger partial charge in [-0.15, -0.1) is 0 Å². The van der Waals surface area contributed by atoms with Crippen LogP contribution in [0.15, 0.2) is 34.2 Å². The summed E-state index contributed by atoms with van der Waals surface area (Å²) < 4.78 is 0.890. The number of carbonyl (C=O) groups is 1. The van der Waals surface area contributed by atoms with Crippen LogP contribution < -0.4 is 10.2 Å². The zero-order valence-corrected chi connectivity index (χ0v) is 12.4. The second-order valence-corrected chi connectivity index (χ2v) is 6.27. The first-order chi connectivity index (χ1) is 8.56. The van der Waals surface area contributed by atoms with E-state index in [4.69, 9.17) is 0 Å². The molecule has 0 atom stereocenters. The normalized spacial score (nSPS) is 10.2. The Morgan fingerprint density at radius 3 is 2.50 bits per heavy atom. The maximum Gasteiger partial charge on any atom is 0.257 e. The fourth-order valence-electron chi connectivity index (χ4n) is 1.39. The molecule has 1 N–H and O–H groups in total. The highest BCUT2D eigenvalue weighted by molar-refractivity contribution is 9.11. The number of thiazole rings is 1. The fourth-order valence-corrected chi connectivity index (χ4v) is 2.49. The van der Waals surface area contributed by atoms with Crippen molar-refractivity contribution >= 4 is 44.0 Å². The largest absolute Gasteiger partial charge is 0.378 e. The maximum atomic E-state index is 11.9. The van der Waals surface area contributed by atoms with Crippen molar-refractivity contribution in [1.29, 1.82) is 0 Å². The zero-order chi connectivity index (χ0) is 13.1. The molecule has 1 aromatic carbocycles. The second-order valence-electron chi connectivity index (χ2n) is 3.86. The summed E-state index contributed by atoms with van der Waals surface area (Å²) in [6.07, 6.45) is 1.66. The third-order valence-electron chi connectivity index (χ3n) is 2.34. The van der Waals surface area contributed by atoms with Crippen molar-refractivity contribution in [3.8, 4) is 0 Å². The molecule has 1 heterocycles. The van der Waals surface area contributed by atoms with E-state index < -0.39 is 0 Å². The molecular formula is C12H12BrN3OS. The summed E-state index contributed by atoms with van der Waals surface area (Å²) in [5.74, 6) is -0.151. The average Bonchev–Trinajstić information content (AvgIpc) is 2.75. The van der Waals surface area contributed by atoms with Crippen LogP contribution in [0.4, 0.5) is 10.8 Å². The van der Waals surface area contributed by atoms with Gasteiger partial charge >= 0.3 is 0 Å². The first kappa shape index (κ1) is 13.0. The Bertz CT molecular complexity index is 551. The van der Waals surface area contributed by atoms with Gasteiger partial charge in [0.2, 0.25) is 0 Å². The number of nitrogens with zero attached hydrogens (tertiary/aromatic N) is 2. The van der Waals surface area contributed by atoms with E-state index in [2.05, 4.69) is 26.2 Å². The number of nitrogens with one attached hydrogen (secondary N) is 1. The summed E-state index contributed by atoms with van der Waals surface area (Å²) in [4.78, 5) is 18.0. The molecule has 1 amide bonds. The Morgan fingerprint density at radius 1 is 1.33 bits per heavy atom. The van der Waals surface area contributed by atoms with Crippen LogP contribution in [0.25, 0.3) is 0 Å². The fraction of sp³-hybridized carbons (Fsp3) is 0.167. The lowest BCUT2D eigenvalue weighted by Gasteiger charge is -2.12. The van der Waals surface area contributed by atoms with Crippen LogP contribution in [0.1, 0.15) is 10.4 Å². The van der Waals surface area contributed by atoms with Crippen LogP contribution in [0.2, 0.25) is 0 Å². The van der Waals surface area contributed by atoms with E-state index in [1.807, 2.05) is 31.1 Å². The molecule has 1 aromatic heterocycles. The summed E-state index contributed by atoms with van der Waals surface area (Å²) in [7, 11) is 3.92. The molecule has 18 heavy (non-hydrogen) atoms. The summed E-state index contributed by atoms with van der Waals surface area (Å²) >= 11 is 4.69. The summed E-state index contributed by atoms with van der Waals surface area (Å²) in [6, 6.07) is 7.42. The molecule has 0 bridgehead atoms. The lowest BCUT2D eigenvalue weighted by atomic mass is 10.2. The molecule has 0 aliphatic heterocycles. The van der Waals surface area contributed by atoms with E-state index in [9.17, 15) is 4.79 Å². The van der Waals surface area contributed by atoms with Gasteiger partial charge in [0.25, 0.3) is 5.91 Å². The molecule has 2 rings (SSSR count). The van der Waals surface area contributed by atoms with Crippen molar-refractivity contribution in [2.75, 3.05) is 24.3 Å². The Labute approximate surface area is 118 Å². The van der Waals surface area contributed by atoms with Gasteiger partial charge in [-0.3, -0.25) is 10.1 Å². The topological polar surface area (TPSA) is 45.2 Å². The van der Waals surface area contributed by atoms with Gasteiger partial charge in [0.1, 0.15) is 0 Å². The number of benzene rings is 1. The van der Waals surface area contributed by atoms with Crippen LogP contribution in [0.3, 0.4) is 0 Å². The molecule has 0 spiro atoms. The lowest BCUT2D eigenvalue weighted by molar-refractivity contribution is 0.102. The van der Waals surface area contributed by atoms with E-state index in [1.54, 1.807) is 18.3 Å². The highest BCUT2D eigenvalue weighted by Crippen LogP contribution is 2.23. The molecule has 0 fully saturated rings. The second kappa shape index (κ2) is 5.49. The number of aromatic nitrogens is 1. The average molecular weight is 326 g/mol. The van der Waals surface area contributed by atoms with Gasteiger partial charge in [0, 0.05) is 25.3 Å². The predicted molar refractivity (Wildman–Crippen MR) is 78.5 cm³/mol. The van der Waals surface area contributed by atoms with Crippen molar-refractivity contribution in [1.82, 2.24) is 4.98 Å². The monoisotopic (exact) mass is 325 g/mol. The molecule has 4 nitrogen and oxygen atoms in total. The molecule has 6 heteroatoms. The molecular weight excluding hydrogens is 314 g/mol. The molecule has 0 saturated carbocycles. The maximum absolute atomic E-state index is 11.9. The smallest absolute Gasteiger partial charge is 0.257 e. The number of halogens is 1. The van der Waals surface area contributed by atoms with Crippen LogP contribution in [0.5, 0.6) is 0 Å². The third kappa shape index (κ3) is 3.08. The molecule has 0 aliphatic carbocycles. The predicted octanol–water partition coefficient (Wildman–Crippen LogP) is 3.22. The lowest BCUT2D eigenvalue weighted by Crippen LogP contribution is -2.12. The van der Waals surface area contributed by atoms with Crippen LogP contribution >= 0.6 is 27.3 Å². The third-order valence-corrected chi connectivity index (χ3v) is 3.74. The SMILES string of the molecule is CN(C)c1ccc(C(=O)Nc2ncc(Br)s2)cc1. The summed E-state index contributed by atoms with van der Waals surface area (Å²) in [5, 5.41) is 3.34. The van der Waals surface area contributed by atoms with Crippen LogP contribution in [-0.4, -0.2) is 25.0 Å². The summed E-state index contributed by atoms with van der Waals surface area (Å²) in [6.45, 7) is 0. The van der Waals surface area contributed by atoms with Crippen molar-refractivity contribution in [2.24, 2.45) is 0 Å². The van der Waals surface area contributed by atoms with E-state index in [-0.39, 0.29) is 5.91 Å². The molecule has 94 valence electrons.